The van der Waals surface area contributed by atoms with E-state index in [1.807, 2.05) is 24.3 Å². The minimum Gasteiger partial charge on any atom is -0.497 e. The van der Waals surface area contributed by atoms with Gasteiger partial charge in [0, 0.05) is 19.2 Å². The summed E-state index contributed by atoms with van der Waals surface area (Å²) in [6.45, 7) is 2.20. The van der Waals surface area contributed by atoms with Gasteiger partial charge >= 0.3 is 11.9 Å². The first-order valence-corrected chi connectivity index (χ1v) is 7.95. The lowest BCUT2D eigenvalue weighted by atomic mass is 10.1. The number of ether oxygens (including phenoxy) is 4. The Kier molecular flexibility index (Phi) is 6.84. The summed E-state index contributed by atoms with van der Waals surface area (Å²) in [7, 11) is 2.87. The molecule has 7 heteroatoms. The maximum atomic E-state index is 11.9. The molecule has 0 aliphatic heterocycles. The largest absolute Gasteiger partial charge is 0.497 e. The first kappa shape index (κ1) is 19.1. The average molecular weight is 359 g/mol. The van der Waals surface area contributed by atoms with Crippen LogP contribution in [0, 0.1) is 0 Å². The molecule has 138 valence electrons. The van der Waals surface area contributed by atoms with Crippen LogP contribution < -0.4 is 19.5 Å². The zero-order valence-corrected chi connectivity index (χ0v) is 14.9. The van der Waals surface area contributed by atoms with Gasteiger partial charge in [0.15, 0.2) is 0 Å². The second-order valence-electron chi connectivity index (χ2n) is 5.25. The molecule has 0 unspecified atom stereocenters. The molecule has 7 nitrogen and oxygen atoms in total. The van der Waals surface area contributed by atoms with Gasteiger partial charge in [-0.25, -0.2) is 4.79 Å². The highest BCUT2D eigenvalue weighted by molar-refractivity contribution is 5.94. The highest BCUT2D eigenvalue weighted by atomic mass is 16.5. The van der Waals surface area contributed by atoms with Crippen LogP contribution in [0.5, 0.6) is 17.2 Å². The van der Waals surface area contributed by atoms with Crippen molar-refractivity contribution in [2.75, 3.05) is 32.7 Å². The van der Waals surface area contributed by atoms with Crippen LogP contribution in [0.4, 0.5) is 5.69 Å². The smallest absolute Gasteiger partial charge is 0.341 e. The Balaban J connectivity index is 1.93. The zero-order chi connectivity index (χ0) is 18.9. The Labute approximate surface area is 151 Å². The van der Waals surface area contributed by atoms with Crippen molar-refractivity contribution in [2.24, 2.45) is 0 Å². The molecule has 0 radical (unpaired) electrons. The molecule has 0 aromatic heterocycles. The number of esters is 2. The molecule has 0 fully saturated rings. The Morgan fingerprint density at radius 1 is 1.00 bits per heavy atom. The number of methoxy groups -OCH3 is 2. The third-order valence-electron chi connectivity index (χ3n) is 3.40. The van der Waals surface area contributed by atoms with E-state index in [0.717, 1.165) is 11.5 Å². The van der Waals surface area contributed by atoms with E-state index >= 15 is 0 Å². The molecular formula is C19H21NO6. The third kappa shape index (κ3) is 5.41. The molecular weight excluding hydrogens is 338 g/mol. The molecule has 0 atom stereocenters. The monoisotopic (exact) mass is 359 g/mol. The van der Waals surface area contributed by atoms with Gasteiger partial charge in [0.25, 0.3) is 0 Å². The molecule has 2 aromatic carbocycles. The van der Waals surface area contributed by atoms with E-state index in [1.54, 1.807) is 25.3 Å². The molecule has 2 aromatic rings. The first-order valence-electron chi connectivity index (χ1n) is 7.95. The van der Waals surface area contributed by atoms with Gasteiger partial charge < -0.3 is 24.3 Å². The lowest BCUT2D eigenvalue weighted by molar-refractivity contribution is -0.131. The van der Waals surface area contributed by atoms with E-state index < -0.39 is 11.9 Å². The number of carbonyl (C=O) groups excluding carboxylic acids is 2. The van der Waals surface area contributed by atoms with Gasteiger partial charge in [-0.05, 0) is 42.5 Å². The van der Waals surface area contributed by atoms with Crippen LogP contribution in [0.1, 0.15) is 17.3 Å². The van der Waals surface area contributed by atoms with Crippen molar-refractivity contribution in [1.82, 2.24) is 0 Å². The standard InChI is InChI=1S/C19H21NO6/c1-13(21)26-18-9-4-14(12-17(18)19(22)24-3)20-10-11-25-16-7-5-15(23-2)6-8-16/h4-9,12,20H,10-11H2,1-3H3. The summed E-state index contributed by atoms with van der Waals surface area (Å²) in [5.41, 5.74) is 0.850. The van der Waals surface area contributed by atoms with Crippen LogP contribution in [0.25, 0.3) is 0 Å². The predicted octanol–water partition coefficient (Wildman–Crippen LogP) is 2.90. The van der Waals surface area contributed by atoms with Crippen molar-refractivity contribution in [3.63, 3.8) is 0 Å². The molecule has 2 rings (SSSR count). The van der Waals surface area contributed by atoms with Crippen molar-refractivity contribution in [1.29, 1.82) is 0 Å². The van der Waals surface area contributed by atoms with E-state index in [0.29, 0.717) is 18.8 Å². The summed E-state index contributed by atoms with van der Waals surface area (Å²) in [6.07, 6.45) is 0. The summed E-state index contributed by atoms with van der Waals surface area (Å²) < 4.78 is 20.5. The molecule has 0 aliphatic rings. The summed E-state index contributed by atoms with van der Waals surface area (Å²) in [5.74, 6) is 0.555. The number of hydrogen-bond donors (Lipinski definition) is 1. The average Bonchev–Trinajstić information content (AvgIpc) is 2.65. The second kappa shape index (κ2) is 9.31. The van der Waals surface area contributed by atoms with Crippen LogP contribution >= 0.6 is 0 Å². The van der Waals surface area contributed by atoms with E-state index in [4.69, 9.17) is 18.9 Å². The Morgan fingerprint density at radius 3 is 2.31 bits per heavy atom. The van der Waals surface area contributed by atoms with Crippen molar-refractivity contribution in [2.45, 2.75) is 6.92 Å². The number of rotatable bonds is 8. The summed E-state index contributed by atoms with van der Waals surface area (Å²) in [6, 6.07) is 12.1. The fourth-order valence-electron chi connectivity index (χ4n) is 2.19. The number of nitrogens with one attached hydrogen (secondary N) is 1. The fourth-order valence-corrected chi connectivity index (χ4v) is 2.19. The van der Waals surface area contributed by atoms with Crippen molar-refractivity contribution in [3.05, 3.63) is 48.0 Å². The highest BCUT2D eigenvalue weighted by Crippen LogP contribution is 2.24. The molecule has 0 saturated carbocycles. The summed E-state index contributed by atoms with van der Waals surface area (Å²) in [5, 5.41) is 3.14. The lowest BCUT2D eigenvalue weighted by Crippen LogP contribution is -2.13. The fraction of sp³-hybridized carbons (Fsp3) is 0.263. The Hall–Kier alpha value is -3.22. The first-order chi connectivity index (χ1) is 12.5. The normalized spacial score (nSPS) is 9.96. The van der Waals surface area contributed by atoms with Crippen molar-refractivity contribution in [3.8, 4) is 17.2 Å². The highest BCUT2D eigenvalue weighted by Gasteiger charge is 2.15. The van der Waals surface area contributed by atoms with Crippen LogP contribution in [-0.4, -0.2) is 39.3 Å². The SMILES string of the molecule is COC(=O)c1cc(NCCOc2ccc(OC)cc2)ccc1OC(C)=O. The number of carbonyl (C=O) groups is 2. The molecule has 0 spiro atoms. The van der Waals surface area contributed by atoms with Gasteiger partial charge in [-0.3, -0.25) is 4.79 Å². The van der Waals surface area contributed by atoms with Crippen LogP contribution in [0.15, 0.2) is 42.5 Å². The second-order valence-corrected chi connectivity index (χ2v) is 5.25. The van der Waals surface area contributed by atoms with Crippen LogP contribution in [0.2, 0.25) is 0 Å². The number of anilines is 1. The summed E-state index contributed by atoms with van der Waals surface area (Å²) in [4.78, 5) is 23.0. The Morgan fingerprint density at radius 2 is 1.69 bits per heavy atom. The van der Waals surface area contributed by atoms with E-state index in [1.165, 1.54) is 14.0 Å². The van der Waals surface area contributed by atoms with Gasteiger partial charge in [-0.2, -0.15) is 0 Å². The zero-order valence-electron chi connectivity index (χ0n) is 14.9. The van der Waals surface area contributed by atoms with E-state index in [-0.39, 0.29) is 11.3 Å². The van der Waals surface area contributed by atoms with Gasteiger partial charge in [0.05, 0.1) is 14.2 Å². The molecule has 0 heterocycles. The minimum absolute atomic E-state index is 0.157. The summed E-state index contributed by atoms with van der Waals surface area (Å²) >= 11 is 0. The van der Waals surface area contributed by atoms with Gasteiger partial charge in [-0.1, -0.05) is 0 Å². The number of hydrogen-bond acceptors (Lipinski definition) is 7. The van der Waals surface area contributed by atoms with Gasteiger partial charge in [0.2, 0.25) is 0 Å². The van der Waals surface area contributed by atoms with E-state index in [9.17, 15) is 9.59 Å². The third-order valence-corrected chi connectivity index (χ3v) is 3.40. The lowest BCUT2D eigenvalue weighted by Gasteiger charge is -2.12. The Bertz CT molecular complexity index is 757. The van der Waals surface area contributed by atoms with Gasteiger partial charge in [-0.15, -0.1) is 0 Å². The maximum absolute atomic E-state index is 11.9. The molecule has 0 amide bonds. The molecule has 0 bridgehead atoms. The quantitative estimate of drug-likeness (QED) is 0.441. The van der Waals surface area contributed by atoms with Crippen molar-refractivity contribution >= 4 is 17.6 Å². The van der Waals surface area contributed by atoms with E-state index in [2.05, 4.69) is 5.32 Å². The van der Waals surface area contributed by atoms with Crippen LogP contribution in [-0.2, 0) is 9.53 Å². The predicted molar refractivity (Wildman–Crippen MR) is 96.1 cm³/mol. The molecule has 0 saturated heterocycles. The molecule has 0 aliphatic carbocycles. The topological polar surface area (TPSA) is 83.1 Å². The molecule has 26 heavy (non-hydrogen) atoms. The molecule has 1 N–H and O–H groups in total. The maximum Gasteiger partial charge on any atom is 0.341 e. The van der Waals surface area contributed by atoms with Crippen molar-refractivity contribution < 1.29 is 28.5 Å². The number of benzene rings is 2. The minimum atomic E-state index is -0.584. The van der Waals surface area contributed by atoms with Gasteiger partial charge in [0.1, 0.15) is 29.4 Å². The van der Waals surface area contributed by atoms with Crippen LogP contribution in [0.3, 0.4) is 0 Å².